The van der Waals surface area contributed by atoms with E-state index in [1.165, 1.54) is 0 Å². The lowest BCUT2D eigenvalue weighted by Crippen LogP contribution is -2.57. The minimum atomic E-state index is -0.193. The fourth-order valence-corrected chi connectivity index (χ4v) is 5.62. The number of piperidine rings is 1. The lowest BCUT2D eigenvalue weighted by Gasteiger charge is -2.46. The van der Waals surface area contributed by atoms with Gasteiger partial charge in [0.2, 0.25) is 11.9 Å². The highest BCUT2D eigenvalue weighted by atomic mass is 16.2. The van der Waals surface area contributed by atoms with E-state index in [1.807, 2.05) is 47.2 Å². The maximum Gasteiger partial charge on any atom is 0.317 e. The number of nitrogens with zero attached hydrogens (tertiary/aromatic N) is 5. The molecule has 31 heavy (non-hydrogen) atoms. The summed E-state index contributed by atoms with van der Waals surface area (Å²) in [5, 5.41) is 3.02. The van der Waals surface area contributed by atoms with Crippen LogP contribution in [0.1, 0.15) is 18.4 Å². The highest BCUT2D eigenvalue weighted by molar-refractivity contribution is 5.84. The Morgan fingerprint density at radius 1 is 1.10 bits per heavy atom. The highest BCUT2D eigenvalue weighted by Gasteiger charge is 2.60. The minimum absolute atomic E-state index is 0.0211. The van der Waals surface area contributed by atoms with E-state index in [2.05, 4.69) is 20.2 Å². The summed E-state index contributed by atoms with van der Waals surface area (Å²) >= 11 is 0. The molecule has 162 valence electrons. The molecule has 1 aromatic carbocycles. The molecule has 3 saturated heterocycles. The number of amides is 3. The standard InChI is InChI=1S/C23H28N6O2/c1-27-20(30)18-15-29(21-24-10-5-11-25-21)16-19(18)23(27)8-12-28(13-9-23)22(31)26-14-17-6-3-2-4-7-17/h2-7,10-11,18-19H,8-9,12-16H2,1H3,(H,26,31)/t18-,19+/m0/s1. The molecule has 8 heteroatoms. The summed E-state index contributed by atoms with van der Waals surface area (Å²) in [7, 11) is 1.94. The van der Waals surface area contributed by atoms with Crippen molar-refractivity contribution in [2.24, 2.45) is 11.8 Å². The summed E-state index contributed by atoms with van der Waals surface area (Å²) in [5.41, 5.74) is 0.893. The van der Waals surface area contributed by atoms with Gasteiger partial charge >= 0.3 is 6.03 Å². The van der Waals surface area contributed by atoms with Crippen LogP contribution in [0.15, 0.2) is 48.8 Å². The second-order valence-electron chi connectivity index (χ2n) is 8.80. The summed E-state index contributed by atoms with van der Waals surface area (Å²) in [4.78, 5) is 40.5. The summed E-state index contributed by atoms with van der Waals surface area (Å²) < 4.78 is 0. The Morgan fingerprint density at radius 3 is 2.52 bits per heavy atom. The number of anilines is 1. The van der Waals surface area contributed by atoms with E-state index in [1.54, 1.807) is 18.5 Å². The van der Waals surface area contributed by atoms with Gasteiger partial charge in [-0.3, -0.25) is 4.79 Å². The van der Waals surface area contributed by atoms with Crippen molar-refractivity contribution in [2.45, 2.75) is 24.9 Å². The van der Waals surface area contributed by atoms with Gasteiger partial charge < -0.3 is 20.0 Å². The van der Waals surface area contributed by atoms with Gasteiger partial charge in [0.1, 0.15) is 0 Å². The first-order valence-corrected chi connectivity index (χ1v) is 10.9. The fourth-order valence-electron chi connectivity index (χ4n) is 5.62. The van der Waals surface area contributed by atoms with Crippen LogP contribution in [-0.2, 0) is 11.3 Å². The smallest absolute Gasteiger partial charge is 0.317 e. The normalized spacial score (nSPS) is 24.5. The first-order valence-electron chi connectivity index (χ1n) is 10.9. The van der Waals surface area contributed by atoms with E-state index in [0.717, 1.165) is 24.9 Å². The van der Waals surface area contributed by atoms with Crippen LogP contribution in [0.4, 0.5) is 10.7 Å². The van der Waals surface area contributed by atoms with Gasteiger partial charge in [0.25, 0.3) is 0 Å². The van der Waals surface area contributed by atoms with Crippen LogP contribution in [-0.4, -0.2) is 70.5 Å². The van der Waals surface area contributed by atoms with E-state index in [0.29, 0.717) is 32.1 Å². The molecule has 1 spiro atoms. The number of benzene rings is 1. The van der Waals surface area contributed by atoms with E-state index in [9.17, 15) is 9.59 Å². The number of carbonyl (C=O) groups is 2. The van der Waals surface area contributed by atoms with Crippen molar-refractivity contribution in [3.8, 4) is 0 Å². The molecule has 0 bridgehead atoms. The van der Waals surface area contributed by atoms with Gasteiger partial charge in [-0.2, -0.15) is 0 Å². The molecule has 1 N–H and O–H groups in total. The van der Waals surface area contributed by atoms with Crippen molar-refractivity contribution >= 4 is 17.9 Å². The predicted octanol–water partition coefficient (Wildman–Crippen LogP) is 1.75. The molecule has 5 rings (SSSR count). The maximum absolute atomic E-state index is 13.1. The number of urea groups is 1. The highest BCUT2D eigenvalue weighted by Crippen LogP contribution is 2.49. The summed E-state index contributed by atoms with van der Waals surface area (Å²) in [6, 6.07) is 11.7. The van der Waals surface area contributed by atoms with E-state index >= 15 is 0 Å². The summed E-state index contributed by atoms with van der Waals surface area (Å²) in [6.45, 7) is 3.29. The number of hydrogen-bond donors (Lipinski definition) is 1. The molecule has 0 radical (unpaired) electrons. The molecule has 0 unspecified atom stereocenters. The van der Waals surface area contributed by atoms with Crippen LogP contribution >= 0.6 is 0 Å². The molecular weight excluding hydrogens is 392 g/mol. The van der Waals surface area contributed by atoms with Crippen LogP contribution in [0.25, 0.3) is 0 Å². The molecule has 0 saturated carbocycles. The third-order valence-corrected chi connectivity index (χ3v) is 7.36. The number of hydrogen-bond acceptors (Lipinski definition) is 5. The first-order chi connectivity index (χ1) is 15.1. The summed E-state index contributed by atoms with van der Waals surface area (Å²) in [5.74, 6) is 1.13. The van der Waals surface area contributed by atoms with E-state index < -0.39 is 0 Å². The van der Waals surface area contributed by atoms with Crippen LogP contribution in [0.5, 0.6) is 0 Å². The number of nitrogens with one attached hydrogen (secondary N) is 1. The zero-order valence-corrected chi connectivity index (χ0v) is 17.8. The molecule has 3 amide bonds. The largest absolute Gasteiger partial charge is 0.340 e. The third kappa shape index (κ3) is 3.40. The lowest BCUT2D eigenvalue weighted by molar-refractivity contribution is -0.133. The lowest BCUT2D eigenvalue weighted by atomic mass is 9.75. The van der Waals surface area contributed by atoms with Crippen LogP contribution in [0.2, 0.25) is 0 Å². The van der Waals surface area contributed by atoms with Crippen molar-refractivity contribution in [3.05, 3.63) is 54.4 Å². The quantitative estimate of drug-likeness (QED) is 0.818. The molecule has 2 aromatic rings. The van der Waals surface area contributed by atoms with Crippen molar-refractivity contribution in [2.75, 3.05) is 38.1 Å². The number of likely N-dealkylation sites (tertiary alicyclic amines) is 2. The Labute approximate surface area is 182 Å². The Hall–Kier alpha value is -3.16. The van der Waals surface area contributed by atoms with Gasteiger partial charge in [-0.1, -0.05) is 30.3 Å². The minimum Gasteiger partial charge on any atom is -0.340 e. The van der Waals surface area contributed by atoms with Crippen molar-refractivity contribution < 1.29 is 9.59 Å². The third-order valence-electron chi connectivity index (χ3n) is 7.36. The molecule has 1 aromatic heterocycles. The van der Waals surface area contributed by atoms with Crippen molar-refractivity contribution in [1.82, 2.24) is 25.1 Å². The van der Waals surface area contributed by atoms with Gasteiger partial charge in [-0.05, 0) is 24.5 Å². The van der Waals surface area contributed by atoms with Crippen LogP contribution in [0.3, 0.4) is 0 Å². The van der Waals surface area contributed by atoms with E-state index in [4.69, 9.17) is 0 Å². The number of rotatable bonds is 3. The van der Waals surface area contributed by atoms with Gasteiger partial charge in [-0.25, -0.2) is 14.8 Å². The monoisotopic (exact) mass is 420 g/mol. The Morgan fingerprint density at radius 2 is 1.81 bits per heavy atom. The molecule has 3 aliphatic heterocycles. The Kier molecular flexibility index (Phi) is 5.00. The van der Waals surface area contributed by atoms with Gasteiger partial charge in [-0.15, -0.1) is 0 Å². The number of aromatic nitrogens is 2. The second-order valence-corrected chi connectivity index (χ2v) is 8.80. The Bertz CT molecular complexity index is 945. The molecule has 8 nitrogen and oxygen atoms in total. The van der Waals surface area contributed by atoms with Crippen molar-refractivity contribution in [1.29, 1.82) is 0 Å². The average molecular weight is 421 g/mol. The zero-order chi connectivity index (χ0) is 21.4. The SMILES string of the molecule is CN1C(=O)[C@H]2CN(c3ncccn3)C[C@H]2C12CCN(C(=O)NCc1ccccc1)CC2. The second kappa shape index (κ2) is 7.83. The first kappa shape index (κ1) is 19.8. The molecule has 2 atom stereocenters. The summed E-state index contributed by atoms with van der Waals surface area (Å²) in [6.07, 6.45) is 5.09. The van der Waals surface area contributed by atoms with Crippen molar-refractivity contribution in [3.63, 3.8) is 0 Å². The molecular formula is C23H28N6O2. The average Bonchev–Trinajstić information content (AvgIpc) is 3.35. The van der Waals surface area contributed by atoms with Gasteiger partial charge in [0, 0.05) is 58.1 Å². The maximum atomic E-state index is 13.1. The van der Waals surface area contributed by atoms with Crippen LogP contribution < -0.4 is 10.2 Å². The predicted molar refractivity (Wildman–Crippen MR) is 116 cm³/mol. The van der Waals surface area contributed by atoms with E-state index in [-0.39, 0.29) is 29.3 Å². The molecule has 0 aliphatic carbocycles. The number of carbonyl (C=O) groups excluding carboxylic acids is 2. The van der Waals surface area contributed by atoms with Gasteiger partial charge in [0.15, 0.2) is 0 Å². The van der Waals surface area contributed by atoms with Gasteiger partial charge in [0.05, 0.1) is 11.5 Å². The van der Waals surface area contributed by atoms with Crippen LogP contribution in [0, 0.1) is 11.8 Å². The molecule has 3 fully saturated rings. The fraction of sp³-hybridized carbons (Fsp3) is 0.478. The topological polar surface area (TPSA) is 81.7 Å². The zero-order valence-electron chi connectivity index (χ0n) is 17.8. The number of fused-ring (bicyclic) bond motifs is 2. The molecule has 4 heterocycles. The molecule has 3 aliphatic rings. The Balaban J connectivity index is 1.24.